The molecule has 0 unspecified atom stereocenters. The second-order valence-corrected chi connectivity index (χ2v) is 6.58. The van der Waals surface area contributed by atoms with E-state index in [9.17, 15) is 4.79 Å². The molecule has 1 fully saturated rings. The molecule has 1 saturated carbocycles. The van der Waals surface area contributed by atoms with Crippen LogP contribution in [0.25, 0.3) is 0 Å². The number of hydrogen-bond acceptors (Lipinski definition) is 6. The summed E-state index contributed by atoms with van der Waals surface area (Å²) in [5, 5.41) is 7.96. The molecule has 3 rings (SSSR count). The molecule has 2 heterocycles. The summed E-state index contributed by atoms with van der Waals surface area (Å²) in [4.78, 5) is 17.0. The van der Waals surface area contributed by atoms with Gasteiger partial charge in [0.25, 0.3) is 0 Å². The molecule has 0 spiro atoms. The van der Waals surface area contributed by atoms with Crippen LogP contribution in [0.15, 0.2) is 6.20 Å². The van der Waals surface area contributed by atoms with E-state index in [1.807, 2.05) is 6.92 Å². The number of carbonyl (C=O) groups is 1. The van der Waals surface area contributed by atoms with Crippen molar-refractivity contribution in [1.29, 1.82) is 0 Å². The lowest BCUT2D eigenvalue weighted by atomic mass is 9.94. The van der Waals surface area contributed by atoms with Crippen molar-refractivity contribution in [1.82, 2.24) is 9.99 Å². The Morgan fingerprint density at radius 2 is 2.08 bits per heavy atom. The van der Waals surface area contributed by atoms with Crippen molar-refractivity contribution in [2.45, 2.75) is 58.5 Å². The average molecular weight is 332 g/mol. The molecular weight excluding hydrogens is 304 g/mol. The van der Waals surface area contributed by atoms with Crippen molar-refractivity contribution < 1.29 is 9.53 Å². The first-order valence-electron chi connectivity index (χ1n) is 9.09. The van der Waals surface area contributed by atoms with Gasteiger partial charge in [-0.3, -0.25) is 5.01 Å². The highest BCUT2D eigenvalue weighted by molar-refractivity contribution is 5.97. The first-order valence-corrected chi connectivity index (χ1v) is 9.09. The maximum absolute atomic E-state index is 12.4. The third kappa shape index (κ3) is 3.20. The normalized spacial score (nSPS) is 18.5. The number of rotatable bonds is 5. The molecule has 0 aromatic carbocycles. The van der Waals surface area contributed by atoms with Crippen LogP contribution in [-0.2, 0) is 11.3 Å². The Morgan fingerprint density at radius 3 is 2.75 bits per heavy atom. The lowest BCUT2D eigenvalue weighted by Gasteiger charge is -2.26. The van der Waals surface area contributed by atoms with Crippen LogP contribution in [0.1, 0.15) is 61.9 Å². The summed E-state index contributed by atoms with van der Waals surface area (Å²) in [6, 6.07) is 0.430. The number of hydrogen-bond donors (Lipinski definition) is 1. The van der Waals surface area contributed by atoms with Gasteiger partial charge in [-0.05, 0) is 26.7 Å². The van der Waals surface area contributed by atoms with E-state index in [1.165, 1.54) is 19.3 Å². The first-order chi connectivity index (χ1) is 11.7. The molecule has 0 amide bonds. The predicted molar refractivity (Wildman–Crippen MR) is 95.2 cm³/mol. The van der Waals surface area contributed by atoms with Crippen LogP contribution >= 0.6 is 0 Å². The van der Waals surface area contributed by atoms with Crippen molar-refractivity contribution in [3.8, 4) is 0 Å². The Morgan fingerprint density at radius 1 is 1.33 bits per heavy atom. The van der Waals surface area contributed by atoms with E-state index in [4.69, 9.17) is 4.74 Å². The molecule has 1 N–H and O–H groups in total. The van der Waals surface area contributed by atoms with E-state index in [1.54, 1.807) is 6.20 Å². The first kappa shape index (κ1) is 17.0. The van der Waals surface area contributed by atoms with E-state index in [0.717, 1.165) is 43.0 Å². The van der Waals surface area contributed by atoms with Gasteiger partial charge in [0.05, 0.1) is 12.3 Å². The number of pyridine rings is 1. The summed E-state index contributed by atoms with van der Waals surface area (Å²) < 4.78 is 5.25. The van der Waals surface area contributed by atoms with E-state index >= 15 is 0 Å². The molecule has 0 bridgehead atoms. The summed E-state index contributed by atoms with van der Waals surface area (Å²) in [6.07, 6.45) is 7.80. The Bertz CT molecular complexity index is 599. The molecule has 6 nitrogen and oxygen atoms in total. The molecule has 1 aromatic heterocycles. The van der Waals surface area contributed by atoms with Gasteiger partial charge in [-0.25, -0.2) is 14.8 Å². The van der Waals surface area contributed by atoms with Crippen LogP contribution in [0.3, 0.4) is 0 Å². The molecule has 2 aliphatic rings. The SMILES string of the molecule is CCOC(=O)c1cnc2c(c1NC1CCCCC1)CN(C)N2CC. The molecule has 6 heteroatoms. The zero-order chi connectivity index (χ0) is 17.1. The fourth-order valence-electron chi connectivity index (χ4n) is 3.76. The van der Waals surface area contributed by atoms with Crippen molar-refractivity contribution in [2.75, 3.05) is 30.5 Å². The van der Waals surface area contributed by atoms with Gasteiger partial charge in [-0.2, -0.15) is 0 Å². The van der Waals surface area contributed by atoms with Crippen molar-refractivity contribution in [2.24, 2.45) is 0 Å². The number of ether oxygens (including phenoxy) is 1. The quantitative estimate of drug-likeness (QED) is 0.836. The third-order valence-corrected chi connectivity index (χ3v) is 4.95. The number of aromatic nitrogens is 1. The van der Waals surface area contributed by atoms with Crippen LogP contribution in [0.4, 0.5) is 11.5 Å². The standard InChI is InChI=1S/C18H28N4O2/c1-4-22-17-15(12-21(22)3)16(20-13-9-7-6-8-10-13)14(11-19-17)18(23)24-5-2/h11,13H,4-10,12H2,1-3H3,(H,19,20). The highest BCUT2D eigenvalue weighted by atomic mass is 16.5. The maximum atomic E-state index is 12.4. The van der Waals surface area contributed by atoms with Crippen LogP contribution in [0.5, 0.6) is 0 Å². The summed E-state index contributed by atoms with van der Waals surface area (Å²) in [5.41, 5.74) is 2.59. The highest BCUT2D eigenvalue weighted by Crippen LogP contribution is 2.37. The van der Waals surface area contributed by atoms with Gasteiger partial charge in [0.2, 0.25) is 0 Å². The molecule has 132 valence electrons. The molecule has 0 atom stereocenters. The Balaban J connectivity index is 1.98. The lowest BCUT2D eigenvalue weighted by molar-refractivity contribution is 0.0527. The maximum Gasteiger partial charge on any atom is 0.341 e. The van der Waals surface area contributed by atoms with E-state index < -0.39 is 0 Å². The fraction of sp³-hybridized carbons (Fsp3) is 0.667. The highest BCUT2D eigenvalue weighted by Gasteiger charge is 2.31. The van der Waals surface area contributed by atoms with Gasteiger partial charge in [0.1, 0.15) is 11.4 Å². The van der Waals surface area contributed by atoms with Crippen LogP contribution in [0, 0.1) is 0 Å². The average Bonchev–Trinajstić information content (AvgIpc) is 2.92. The number of carbonyl (C=O) groups excluding carboxylic acids is 1. The largest absolute Gasteiger partial charge is 0.462 e. The minimum Gasteiger partial charge on any atom is -0.462 e. The fourth-order valence-corrected chi connectivity index (χ4v) is 3.76. The lowest BCUT2D eigenvalue weighted by Crippen LogP contribution is -2.34. The Kier molecular flexibility index (Phi) is 5.23. The molecule has 1 aliphatic heterocycles. The van der Waals surface area contributed by atoms with Crippen LogP contribution < -0.4 is 10.3 Å². The van der Waals surface area contributed by atoms with Gasteiger partial charge in [0, 0.05) is 37.9 Å². The predicted octanol–water partition coefficient (Wildman–Crippen LogP) is 3.19. The third-order valence-electron chi connectivity index (χ3n) is 4.95. The second kappa shape index (κ2) is 7.38. The van der Waals surface area contributed by atoms with Crippen LogP contribution in [-0.4, -0.2) is 42.2 Å². The van der Waals surface area contributed by atoms with E-state index in [-0.39, 0.29) is 5.97 Å². The van der Waals surface area contributed by atoms with Gasteiger partial charge in [0.15, 0.2) is 0 Å². The molecule has 0 saturated heterocycles. The molecular formula is C18H28N4O2. The summed E-state index contributed by atoms with van der Waals surface area (Å²) in [5.74, 6) is 0.662. The summed E-state index contributed by atoms with van der Waals surface area (Å²) in [6.45, 7) is 5.94. The van der Waals surface area contributed by atoms with Crippen molar-refractivity contribution >= 4 is 17.5 Å². The topological polar surface area (TPSA) is 57.7 Å². The minimum absolute atomic E-state index is 0.288. The number of fused-ring (bicyclic) bond motifs is 1. The van der Waals surface area contributed by atoms with Gasteiger partial charge >= 0.3 is 5.97 Å². The van der Waals surface area contributed by atoms with Gasteiger partial charge < -0.3 is 10.1 Å². The number of nitrogens with one attached hydrogen (secondary N) is 1. The Labute approximate surface area is 144 Å². The molecule has 1 aliphatic carbocycles. The van der Waals surface area contributed by atoms with E-state index in [0.29, 0.717) is 18.2 Å². The second-order valence-electron chi connectivity index (χ2n) is 6.58. The Hall–Kier alpha value is -1.82. The van der Waals surface area contributed by atoms with E-state index in [2.05, 4.69) is 34.3 Å². The number of esters is 1. The zero-order valence-electron chi connectivity index (χ0n) is 15.0. The van der Waals surface area contributed by atoms with Crippen LogP contribution in [0.2, 0.25) is 0 Å². The smallest absolute Gasteiger partial charge is 0.341 e. The zero-order valence-corrected chi connectivity index (χ0v) is 15.0. The van der Waals surface area contributed by atoms with Crippen molar-refractivity contribution in [3.05, 3.63) is 17.3 Å². The van der Waals surface area contributed by atoms with Gasteiger partial charge in [-0.1, -0.05) is 19.3 Å². The van der Waals surface area contributed by atoms with Crippen molar-refractivity contribution in [3.63, 3.8) is 0 Å². The minimum atomic E-state index is -0.288. The molecule has 24 heavy (non-hydrogen) atoms. The monoisotopic (exact) mass is 332 g/mol. The number of nitrogens with zero attached hydrogens (tertiary/aromatic N) is 3. The van der Waals surface area contributed by atoms with Gasteiger partial charge in [-0.15, -0.1) is 0 Å². The number of hydrazine groups is 1. The molecule has 1 aromatic rings. The summed E-state index contributed by atoms with van der Waals surface area (Å²) in [7, 11) is 2.06. The molecule has 0 radical (unpaired) electrons. The number of anilines is 2. The summed E-state index contributed by atoms with van der Waals surface area (Å²) >= 11 is 0.